The maximum Gasteiger partial charge on any atom is 0.242 e. The molecule has 2 rings (SSSR count). The summed E-state index contributed by atoms with van der Waals surface area (Å²) in [6.45, 7) is 1.80. The van der Waals surface area contributed by atoms with Crippen molar-refractivity contribution in [3.63, 3.8) is 0 Å². The fraction of sp³-hybridized carbons (Fsp3) is 0.667. The van der Waals surface area contributed by atoms with Crippen LogP contribution in [-0.2, 0) is 4.79 Å². The van der Waals surface area contributed by atoms with Crippen molar-refractivity contribution in [1.82, 2.24) is 14.7 Å². The molecule has 5 nitrogen and oxygen atoms in total. The van der Waals surface area contributed by atoms with Crippen molar-refractivity contribution >= 4 is 22.6 Å². The molecule has 1 aliphatic rings. The van der Waals surface area contributed by atoms with Crippen LogP contribution in [0.25, 0.3) is 0 Å². The van der Waals surface area contributed by atoms with Gasteiger partial charge in [0, 0.05) is 24.5 Å². The minimum absolute atomic E-state index is 0.0434. The van der Waals surface area contributed by atoms with E-state index in [9.17, 15) is 4.79 Å². The molecule has 0 bridgehead atoms. The molecule has 1 aromatic heterocycles. The molecule has 1 saturated carbocycles. The number of hydrogen-bond acceptors (Lipinski definition) is 5. The molecule has 0 radical (unpaired) electrons. The van der Waals surface area contributed by atoms with E-state index in [1.54, 1.807) is 14.0 Å². The van der Waals surface area contributed by atoms with Crippen molar-refractivity contribution < 1.29 is 4.79 Å². The lowest BCUT2D eigenvalue weighted by Crippen LogP contribution is -2.35. The third-order valence-corrected chi connectivity index (χ3v) is 3.02. The Kier molecular flexibility index (Phi) is 2.86. The second kappa shape index (κ2) is 4.14. The summed E-state index contributed by atoms with van der Waals surface area (Å²) >= 11 is 1.32. The van der Waals surface area contributed by atoms with Crippen molar-refractivity contribution in [2.75, 3.05) is 12.4 Å². The van der Waals surface area contributed by atoms with Crippen LogP contribution in [0.2, 0.25) is 0 Å². The number of hydrogen-bond donors (Lipinski definition) is 2. The molecule has 15 heavy (non-hydrogen) atoms. The highest BCUT2D eigenvalue weighted by Gasteiger charge is 2.28. The van der Waals surface area contributed by atoms with E-state index in [4.69, 9.17) is 0 Å². The first-order valence-electron chi connectivity index (χ1n) is 5.02. The maximum atomic E-state index is 11.3. The molecule has 82 valence electrons. The quantitative estimate of drug-likeness (QED) is 0.802. The smallest absolute Gasteiger partial charge is 0.242 e. The first-order valence-corrected chi connectivity index (χ1v) is 5.79. The van der Waals surface area contributed by atoms with Gasteiger partial charge in [-0.2, -0.15) is 4.37 Å². The number of nitrogens with one attached hydrogen (secondary N) is 2. The van der Waals surface area contributed by atoms with Crippen LogP contribution < -0.4 is 10.6 Å². The summed E-state index contributed by atoms with van der Waals surface area (Å²) in [5.41, 5.74) is 0. The third-order valence-electron chi connectivity index (χ3n) is 2.36. The van der Waals surface area contributed by atoms with E-state index >= 15 is 0 Å². The molecule has 1 aliphatic carbocycles. The summed E-state index contributed by atoms with van der Waals surface area (Å²) < 4.78 is 4.25. The Morgan fingerprint density at radius 2 is 2.33 bits per heavy atom. The highest BCUT2D eigenvalue weighted by atomic mass is 32.1. The Morgan fingerprint density at radius 1 is 1.60 bits per heavy atom. The fourth-order valence-corrected chi connectivity index (χ4v) is 2.00. The number of likely N-dealkylation sites (N-methyl/N-ethyl adjacent to an activating group) is 1. The molecule has 6 heteroatoms. The highest BCUT2D eigenvalue weighted by molar-refractivity contribution is 7.09. The third kappa shape index (κ3) is 2.44. The van der Waals surface area contributed by atoms with Crippen LogP contribution in [-0.4, -0.2) is 28.4 Å². The van der Waals surface area contributed by atoms with Crippen molar-refractivity contribution in [3.8, 4) is 0 Å². The van der Waals surface area contributed by atoms with Crippen LogP contribution in [0.15, 0.2) is 0 Å². The lowest BCUT2D eigenvalue weighted by Gasteiger charge is -2.09. The zero-order valence-electron chi connectivity index (χ0n) is 8.78. The minimum atomic E-state index is -0.269. The summed E-state index contributed by atoms with van der Waals surface area (Å²) in [6.07, 6.45) is 2.39. The number of amides is 1. The second-order valence-electron chi connectivity index (χ2n) is 3.71. The van der Waals surface area contributed by atoms with Crippen LogP contribution in [0.3, 0.4) is 0 Å². The van der Waals surface area contributed by atoms with Gasteiger partial charge < -0.3 is 10.6 Å². The number of carbonyl (C=O) groups excluding carboxylic acids is 1. The van der Waals surface area contributed by atoms with Crippen LogP contribution in [0.4, 0.5) is 5.13 Å². The van der Waals surface area contributed by atoms with Gasteiger partial charge in [0.2, 0.25) is 11.0 Å². The molecule has 1 aromatic rings. The maximum absolute atomic E-state index is 11.3. The average molecular weight is 226 g/mol. The number of nitrogens with zero attached hydrogens (tertiary/aromatic N) is 2. The van der Waals surface area contributed by atoms with Crippen molar-refractivity contribution in [2.45, 2.75) is 31.7 Å². The van der Waals surface area contributed by atoms with E-state index in [1.807, 2.05) is 0 Å². The molecule has 1 heterocycles. The molecular weight excluding hydrogens is 212 g/mol. The Bertz CT molecular complexity index is 361. The Morgan fingerprint density at radius 3 is 2.93 bits per heavy atom. The first-order chi connectivity index (χ1) is 7.20. The van der Waals surface area contributed by atoms with E-state index < -0.39 is 0 Å². The van der Waals surface area contributed by atoms with Crippen molar-refractivity contribution in [3.05, 3.63) is 5.82 Å². The molecule has 0 aromatic carbocycles. The molecule has 1 amide bonds. The molecule has 1 fully saturated rings. The van der Waals surface area contributed by atoms with Gasteiger partial charge in [0.1, 0.15) is 11.9 Å². The molecule has 2 N–H and O–H groups in total. The van der Waals surface area contributed by atoms with Crippen LogP contribution in [0.1, 0.15) is 31.5 Å². The Labute approximate surface area is 92.5 Å². The van der Waals surface area contributed by atoms with Gasteiger partial charge in [-0.05, 0) is 19.8 Å². The SMILES string of the molecule is CNC(=O)C(C)Nc1nc(C2CC2)ns1. The molecule has 0 saturated heterocycles. The summed E-state index contributed by atoms with van der Waals surface area (Å²) in [4.78, 5) is 15.6. The normalized spacial score (nSPS) is 17.2. The van der Waals surface area contributed by atoms with E-state index in [0.29, 0.717) is 5.92 Å². The first kappa shape index (κ1) is 10.4. The van der Waals surface area contributed by atoms with Crippen LogP contribution in [0.5, 0.6) is 0 Å². The van der Waals surface area contributed by atoms with E-state index in [2.05, 4.69) is 20.0 Å². The predicted molar refractivity (Wildman–Crippen MR) is 59.0 cm³/mol. The largest absolute Gasteiger partial charge is 0.357 e. The van der Waals surface area contributed by atoms with Crippen molar-refractivity contribution in [2.24, 2.45) is 0 Å². The lowest BCUT2D eigenvalue weighted by atomic mass is 10.3. The van der Waals surface area contributed by atoms with E-state index in [1.165, 1.54) is 24.4 Å². The second-order valence-corrected chi connectivity index (χ2v) is 4.46. The summed E-state index contributed by atoms with van der Waals surface area (Å²) in [5, 5.41) is 6.34. The van der Waals surface area contributed by atoms with Gasteiger partial charge in [-0.15, -0.1) is 0 Å². The summed E-state index contributed by atoms with van der Waals surface area (Å²) in [7, 11) is 1.62. The summed E-state index contributed by atoms with van der Waals surface area (Å²) in [5.74, 6) is 1.44. The average Bonchev–Trinajstić information content (AvgIpc) is 2.99. The molecule has 0 spiro atoms. The predicted octanol–water partition coefficient (Wildman–Crippen LogP) is 0.962. The zero-order valence-corrected chi connectivity index (χ0v) is 9.60. The Balaban J connectivity index is 1.94. The monoisotopic (exact) mass is 226 g/mol. The number of carbonyl (C=O) groups is 1. The lowest BCUT2D eigenvalue weighted by molar-refractivity contribution is -0.121. The van der Waals surface area contributed by atoms with Gasteiger partial charge in [0.05, 0.1) is 0 Å². The van der Waals surface area contributed by atoms with Crippen LogP contribution in [0, 0.1) is 0 Å². The molecule has 1 unspecified atom stereocenters. The van der Waals surface area contributed by atoms with Gasteiger partial charge in [0.15, 0.2) is 0 Å². The van der Waals surface area contributed by atoms with E-state index in [0.717, 1.165) is 11.0 Å². The summed E-state index contributed by atoms with van der Waals surface area (Å²) in [6, 6.07) is -0.269. The fourth-order valence-electron chi connectivity index (χ4n) is 1.27. The molecule has 0 aliphatic heterocycles. The molecular formula is C9H14N4OS. The number of anilines is 1. The van der Waals surface area contributed by atoms with Crippen molar-refractivity contribution in [1.29, 1.82) is 0 Å². The van der Waals surface area contributed by atoms with Gasteiger partial charge in [-0.1, -0.05) is 0 Å². The van der Waals surface area contributed by atoms with Gasteiger partial charge in [-0.3, -0.25) is 4.79 Å². The molecule has 1 atom stereocenters. The minimum Gasteiger partial charge on any atom is -0.357 e. The Hall–Kier alpha value is -1.17. The topological polar surface area (TPSA) is 66.9 Å². The number of aromatic nitrogens is 2. The van der Waals surface area contributed by atoms with Gasteiger partial charge >= 0.3 is 0 Å². The standard InChI is InChI=1S/C9H14N4OS/c1-5(8(14)10-2)11-9-12-7(13-15-9)6-3-4-6/h5-6H,3-4H2,1-2H3,(H,10,14)(H,11,12,13). The number of rotatable bonds is 4. The highest BCUT2D eigenvalue weighted by Crippen LogP contribution is 2.39. The zero-order chi connectivity index (χ0) is 10.8. The van der Waals surface area contributed by atoms with Gasteiger partial charge in [-0.25, -0.2) is 4.98 Å². The van der Waals surface area contributed by atoms with Crippen LogP contribution >= 0.6 is 11.5 Å². The van der Waals surface area contributed by atoms with Gasteiger partial charge in [0.25, 0.3) is 0 Å². The van der Waals surface area contributed by atoms with E-state index in [-0.39, 0.29) is 11.9 Å².